The van der Waals surface area contributed by atoms with Crippen molar-refractivity contribution >= 4 is 0 Å². The molecule has 4 heteroatoms. The fourth-order valence-corrected chi connectivity index (χ4v) is 2.46. The summed E-state index contributed by atoms with van der Waals surface area (Å²) in [6.45, 7) is 2.72. The van der Waals surface area contributed by atoms with Crippen LogP contribution in [0.3, 0.4) is 0 Å². The van der Waals surface area contributed by atoms with Gasteiger partial charge in [-0.2, -0.15) is 5.26 Å². The summed E-state index contributed by atoms with van der Waals surface area (Å²) in [5, 5.41) is 13.2. The first kappa shape index (κ1) is 10.8. The normalized spacial score (nSPS) is 23.1. The second-order valence-corrected chi connectivity index (χ2v) is 5.38. The van der Waals surface area contributed by atoms with Crippen LogP contribution >= 0.6 is 0 Å². The van der Waals surface area contributed by atoms with Crippen LogP contribution in [0, 0.1) is 24.2 Å². The fraction of sp³-hybridized carbons (Fsp3) is 0.692. The lowest BCUT2D eigenvalue weighted by atomic mass is 9.94. The highest BCUT2D eigenvalue weighted by Gasteiger charge is 2.48. The lowest BCUT2D eigenvalue weighted by Crippen LogP contribution is -2.50. The van der Waals surface area contributed by atoms with Crippen molar-refractivity contribution in [2.45, 2.75) is 50.7 Å². The smallest absolute Gasteiger partial charge is 0.127 e. The molecule has 17 heavy (non-hydrogen) atoms. The molecule has 3 rings (SSSR count). The summed E-state index contributed by atoms with van der Waals surface area (Å²) in [6, 6.07) is 3.12. The largest absolute Gasteiger partial charge is 0.332 e. The van der Waals surface area contributed by atoms with Crippen molar-refractivity contribution < 1.29 is 0 Å². The molecule has 2 fully saturated rings. The van der Waals surface area contributed by atoms with E-state index in [-0.39, 0.29) is 5.54 Å². The number of hydrogen-bond donors (Lipinski definition) is 1. The monoisotopic (exact) mass is 230 g/mol. The predicted molar refractivity (Wildman–Crippen MR) is 64.2 cm³/mol. The molecule has 0 bridgehead atoms. The molecule has 1 unspecified atom stereocenters. The summed E-state index contributed by atoms with van der Waals surface area (Å²) in [5.41, 5.74) is -0.368. The molecular weight excluding hydrogens is 212 g/mol. The van der Waals surface area contributed by atoms with Gasteiger partial charge in [-0.3, -0.25) is 5.32 Å². The van der Waals surface area contributed by atoms with Crippen molar-refractivity contribution in [2.24, 2.45) is 5.92 Å². The molecule has 1 atom stereocenters. The van der Waals surface area contributed by atoms with E-state index in [1.807, 2.05) is 19.3 Å². The molecule has 2 saturated carbocycles. The Bertz CT molecular complexity index is 450. The molecule has 0 aromatic carbocycles. The van der Waals surface area contributed by atoms with E-state index < -0.39 is 0 Å². The van der Waals surface area contributed by atoms with Gasteiger partial charge in [0.2, 0.25) is 0 Å². The van der Waals surface area contributed by atoms with Gasteiger partial charge >= 0.3 is 0 Å². The van der Waals surface area contributed by atoms with Gasteiger partial charge in [-0.1, -0.05) is 0 Å². The molecule has 1 heterocycles. The number of nitrogens with one attached hydrogen (secondary N) is 1. The van der Waals surface area contributed by atoms with Crippen LogP contribution in [0.15, 0.2) is 12.4 Å². The van der Waals surface area contributed by atoms with Gasteiger partial charge in [-0.25, -0.2) is 4.98 Å². The van der Waals surface area contributed by atoms with Crippen LogP contribution in [0.2, 0.25) is 0 Å². The maximum atomic E-state index is 9.61. The zero-order chi connectivity index (χ0) is 11.9. The summed E-state index contributed by atoms with van der Waals surface area (Å²) in [6.07, 6.45) is 8.58. The van der Waals surface area contributed by atoms with E-state index in [9.17, 15) is 5.26 Å². The SMILES string of the molecule is Cc1nccn1CC(C#N)(NC1CC1)C1CC1. The third-order valence-electron chi connectivity index (χ3n) is 3.86. The van der Waals surface area contributed by atoms with Gasteiger partial charge in [0, 0.05) is 18.4 Å². The summed E-state index contributed by atoms with van der Waals surface area (Å²) in [5.74, 6) is 1.51. The number of aromatic nitrogens is 2. The quantitative estimate of drug-likeness (QED) is 0.836. The Labute approximate surface area is 102 Å². The molecule has 2 aliphatic carbocycles. The van der Waals surface area contributed by atoms with Gasteiger partial charge in [0.05, 0.1) is 12.6 Å². The lowest BCUT2D eigenvalue weighted by molar-refractivity contribution is 0.312. The Hall–Kier alpha value is -1.34. The molecule has 1 N–H and O–H groups in total. The number of nitriles is 1. The second kappa shape index (κ2) is 3.85. The fourth-order valence-electron chi connectivity index (χ4n) is 2.46. The average Bonchev–Trinajstić information content (AvgIpc) is 3.21. The summed E-state index contributed by atoms with van der Waals surface area (Å²) in [4.78, 5) is 4.24. The standard InChI is InChI=1S/C13H18N4/c1-10-15-6-7-17(10)9-13(8-14,11-2-3-11)16-12-4-5-12/h6-7,11-12,16H,2-5,9H2,1H3. The maximum absolute atomic E-state index is 9.61. The number of aryl methyl sites for hydroxylation is 1. The third kappa shape index (κ3) is 2.07. The second-order valence-electron chi connectivity index (χ2n) is 5.38. The van der Waals surface area contributed by atoms with Crippen molar-refractivity contribution in [1.29, 1.82) is 5.26 Å². The van der Waals surface area contributed by atoms with Gasteiger partial charge in [0.25, 0.3) is 0 Å². The van der Waals surface area contributed by atoms with E-state index in [0.29, 0.717) is 12.0 Å². The maximum Gasteiger partial charge on any atom is 0.127 e. The Morgan fingerprint density at radius 2 is 2.29 bits per heavy atom. The first-order chi connectivity index (χ1) is 8.23. The summed E-state index contributed by atoms with van der Waals surface area (Å²) >= 11 is 0. The van der Waals surface area contributed by atoms with Crippen molar-refractivity contribution in [3.05, 3.63) is 18.2 Å². The van der Waals surface area contributed by atoms with Crippen LogP contribution < -0.4 is 5.32 Å². The predicted octanol–water partition coefficient (Wildman–Crippen LogP) is 1.62. The number of hydrogen-bond acceptors (Lipinski definition) is 3. The van der Waals surface area contributed by atoms with Gasteiger partial charge in [0.15, 0.2) is 0 Å². The van der Waals surface area contributed by atoms with E-state index in [1.165, 1.54) is 25.7 Å². The van der Waals surface area contributed by atoms with Gasteiger partial charge in [-0.05, 0) is 38.5 Å². The highest BCUT2D eigenvalue weighted by atomic mass is 15.1. The van der Waals surface area contributed by atoms with Crippen LogP contribution in [0.1, 0.15) is 31.5 Å². The highest BCUT2D eigenvalue weighted by molar-refractivity contribution is 5.17. The average molecular weight is 230 g/mol. The lowest BCUT2D eigenvalue weighted by Gasteiger charge is -2.29. The molecule has 0 aliphatic heterocycles. The molecule has 1 aromatic heterocycles. The molecule has 1 aromatic rings. The van der Waals surface area contributed by atoms with Crippen molar-refractivity contribution in [3.63, 3.8) is 0 Å². The van der Waals surface area contributed by atoms with E-state index in [1.54, 1.807) is 0 Å². The molecule has 90 valence electrons. The number of nitrogens with zero attached hydrogens (tertiary/aromatic N) is 3. The number of imidazole rings is 1. The number of rotatable bonds is 5. The van der Waals surface area contributed by atoms with Crippen LogP contribution in [0.4, 0.5) is 0 Å². The molecule has 0 spiro atoms. The molecular formula is C13H18N4. The van der Waals surface area contributed by atoms with Gasteiger partial charge < -0.3 is 4.57 Å². The minimum absolute atomic E-state index is 0.368. The third-order valence-corrected chi connectivity index (χ3v) is 3.86. The van der Waals surface area contributed by atoms with Crippen molar-refractivity contribution in [2.75, 3.05) is 0 Å². The zero-order valence-corrected chi connectivity index (χ0v) is 10.2. The van der Waals surface area contributed by atoms with E-state index in [2.05, 4.69) is 20.9 Å². The Kier molecular flexibility index (Phi) is 2.44. The van der Waals surface area contributed by atoms with Crippen LogP contribution in [-0.2, 0) is 6.54 Å². The zero-order valence-electron chi connectivity index (χ0n) is 10.2. The molecule has 0 saturated heterocycles. The first-order valence-electron chi connectivity index (χ1n) is 6.40. The Balaban J connectivity index is 1.82. The molecule has 4 nitrogen and oxygen atoms in total. The van der Waals surface area contributed by atoms with Crippen LogP contribution in [-0.4, -0.2) is 21.1 Å². The van der Waals surface area contributed by atoms with Crippen molar-refractivity contribution in [3.8, 4) is 6.07 Å². The Morgan fingerprint density at radius 1 is 1.53 bits per heavy atom. The summed E-state index contributed by atoms with van der Waals surface area (Å²) in [7, 11) is 0. The molecule has 0 radical (unpaired) electrons. The van der Waals surface area contributed by atoms with Crippen molar-refractivity contribution in [1.82, 2.24) is 14.9 Å². The van der Waals surface area contributed by atoms with Crippen LogP contribution in [0.25, 0.3) is 0 Å². The van der Waals surface area contributed by atoms with Gasteiger partial charge in [0.1, 0.15) is 11.4 Å². The minimum atomic E-state index is -0.368. The van der Waals surface area contributed by atoms with E-state index in [4.69, 9.17) is 0 Å². The Morgan fingerprint density at radius 3 is 2.76 bits per heavy atom. The van der Waals surface area contributed by atoms with E-state index >= 15 is 0 Å². The molecule has 0 amide bonds. The topological polar surface area (TPSA) is 53.6 Å². The van der Waals surface area contributed by atoms with Crippen LogP contribution in [0.5, 0.6) is 0 Å². The molecule has 2 aliphatic rings. The first-order valence-corrected chi connectivity index (χ1v) is 6.40. The minimum Gasteiger partial charge on any atom is -0.332 e. The van der Waals surface area contributed by atoms with Gasteiger partial charge in [-0.15, -0.1) is 0 Å². The van der Waals surface area contributed by atoms with E-state index in [0.717, 1.165) is 12.4 Å². The highest BCUT2D eigenvalue weighted by Crippen LogP contribution is 2.42. The summed E-state index contributed by atoms with van der Waals surface area (Å²) < 4.78 is 2.09.